The summed E-state index contributed by atoms with van der Waals surface area (Å²) in [5, 5.41) is 3.14. The fraction of sp³-hybridized carbons (Fsp3) is 1.00. The highest BCUT2D eigenvalue weighted by atomic mass is 32.2. The lowest BCUT2D eigenvalue weighted by Crippen LogP contribution is -2.50. The van der Waals surface area contributed by atoms with Crippen molar-refractivity contribution in [1.29, 1.82) is 0 Å². The zero-order valence-electron chi connectivity index (χ0n) is 11.7. The molecule has 0 aromatic carbocycles. The van der Waals surface area contributed by atoms with Crippen LogP contribution in [-0.2, 0) is 10.0 Å². The molecule has 6 heteroatoms. The van der Waals surface area contributed by atoms with Gasteiger partial charge in [0.05, 0.1) is 5.75 Å². The summed E-state index contributed by atoms with van der Waals surface area (Å²) in [6.45, 7) is 9.80. The highest BCUT2D eigenvalue weighted by Crippen LogP contribution is 2.08. The molecule has 0 aliphatic carbocycles. The standard InChI is InChI=1S/C12H27N3O2S/c1-3-5-13-6-12-18(16,17)15-10-8-14(7-4-2)9-11-15/h13H,3-12H2,1-2H3. The predicted molar refractivity (Wildman–Crippen MR) is 75.3 cm³/mol. The molecule has 0 saturated carbocycles. The summed E-state index contributed by atoms with van der Waals surface area (Å²) >= 11 is 0. The summed E-state index contributed by atoms with van der Waals surface area (Å²) in [7, 11) is -3.06. The summed E-state index contributed by atoms with van der Waals surface area (Å²) in [6.07, 6.45) is 2.17. The van der Waals surface area contributed by atoms with E-state index in [1.807, 2.05) is 0 Å². The number of nitrogens with one attached hydrogen (secondary N) is 1. The first-order valence-corrected chi connectivity index (χ1v) is 8.62. The minimum Gasteiger partial charge on any atom is -0.316 e. The van der Waals surface area contributed by atoms with Gasteiger partial charge < -0.3 is 10.2 Å². The summed E-state index contributed by atoms with van der Waals surface area (Å²) in [4.78, 5) is 2.33. The van der Waals surface area contributed by atoms with Crippen molar-refractivity contribution in [3.63, 3.8) is 0 Å². The minimum absolute atomic E-state index is 0.223. The van der Waals surface area contributed by atoms with E-state index < -0.39 is 10.0 Å². The van der Waals surface area contributed by atoms with Crippen molar-refractivity contribution in [1.82, 2.24) is 14.5 Å². The Morgan fingerprint density at radius 3 is 2.22 bits per heavy atom. The molecular weight excluding hydrogens is 250 g/mol. The van der Waals surface area contributed by atoms with Crippen LogP contribution in [0.15, 0.2) is 0 Å². The molecule has 0 unspecified atom stereocenters. The first-order chi connectivity index (χ1) is 8.60. The molecule has 1 aliphatic heterocycles. The Bertz CT molecular complexity index is 311. The lowest BCUT2D eigenvalue weighted by atomic mass is 10.3. The molecule has 0 spiro atoms. The molecule has 18 heavy (non-hydrogen) atoms. The minimum atomic E-state index is -3.06. The van der Waals surface area contributed by atoms with Crippen LogP contribution in [0.3, 0.4) is 0 Å². The number of nitrogens with zero attached hydrogens (tertiary/aromatic N) is 2. The van der Waals surface area contributed by atoms with Crippen LogP contribution in [0.25, 0.3) is 0 Å². The van der Waals surface area contributed by atoms with E-state index in [2.05, 4.69) is 24.1 Å². The van der Waals surface area contributed by atoms with E-state index in [0.717, 1.165) is 39.0 Å². The second-order valence-electron chi connectivity index (χ2n) is 4.81. The molecule has 1 aliphatic rings. The number of piperazine rings is 1. The van der Waals surface area contributed by atoms with Gasteiger partial charge in [-0.15, -0.1) is 0 Å². The van der Waals surface area contributed by atoms with E-state index in [0.29, 0.717) is 19.6 Å². The van der Waals surface area contributed by atoms with Crippen LogP contribution in [0, 0.1) is 0 Å². The molecule has 0 aromatic rings. The van der Waals surface area contributed by atoms with Gasteiger partial charge in [0, 0.05) is 32.7 Å². The summed E-state index contributed by atoms with van der Waals surface area (Å²) in [5.41, 5.74) is 0. The van der Waals surface area contributed by atoms with Crippen LogP contribution in [0.2, 0.25) is 0 Å². The monoisotopic (exact) mass is 277 g/mol. The van der Waals surface area contributed by atoms with Crippen LogP contribution in [-0.4, -0.2) is 69.2 Å². The van der Waals surface area contributed by atoms with E-state index in [4.69, 9.17) is 0 Å². The summed E-state index contributed by atoms with van der Waals surface area (Å²) < 4.78 is 25.8. The van der Waals surface area contributed by atoms with Crippen LogP contribution >= 0.6 is 0 Å². The number of rotatable bonds is 8. The Morgan fingerprint density at radius 1 is 1.00 bits per heavy atom. The Balaban J connectivity index is 2.31. The van der Waals surface area contributed by atoms with Gasteiger partial charge in [0.25, 0.3) is 0 Å². The molecular formula is C12H27N3O2S. The first kappa shape index (κ1) is 15.9. The maximum absolute atomic E-state index is 12.1. The molecule has 1 saturated heterocycles. The van der Waals surface area contributed by atoms with Crippen LogP contribution in [0.4, 0.5) is 0 Å². The second-order valence-corrected chi connectivity index (χ2v) is 6.90. The third-order valence-electron chi connectivity index (χ3n) is 3.23. The molecule has 108 valence electrons. The van der Waals surface area contributed by atoms with E-state index in [1.54, 1.807) is 4.31 Å². The van der Waals surface area contributed by atoms with Gasteiger partial charge in [-0.3, -0.25) is 0 Å². The Morgan fingerprint density at radius 2 is 1.67 bits per heavy atom. The molecule has 1 heterocycles. The van der Waals surface area contributed by atoms with Gasteiger partial charge in [-0.2, -0.15) is 4.31 Å². The molecule has 0 aromatic heterocycles. The smallest absolute Gasteiger partial charge is 0.215 e. The number of hydrogen-bond donors (Lipinski definition) is 1. The average Bonchev–Trinajstić information content (AvgIpc) is 2.36. The van der Waals surface area contributed by atoms with Gasteiger partial charge in [0.2, 0.25) is 10.0 Å². The van der Waals surface area contributed by atoms with Gasteiger partial charge in [0.1, 0.15) is 0 Å². The van der Waals surface area contributed by atoms with Gasteiger partial charge in [-0.25, -0.2) is 8.42 Å². The first-order valence-electron chi connectivity index (χ1n) is 7.01. The van der Waals surface area contributed by atoms with Crippen LogP contribution in [0.5, 0.6) is 0 Å². The van der Waals surface area contributed by atoms with Crippen molar-refractivity contribution in [2.24, 2.45) is 0 Å². The Kier molecular flexibility index (Phi) is 7.14. The van der Waals surface area contributed by atoms with Crippen molar-refractivity contribution in [3.8, 4) is 0 Å². The quantitative estimate of drug-likeness (QED) is 0.650. The van der Waals surface area contributed by atoms with Crippen molar-refractivity contribution in [3.05, 3.63) is 0 Å². The molecule has 1 rings (SSSR count). The third kappa shape index (κ3) is 5.22. The zero-order chi connectivity index (χ0) is 13.4. The molecule has 5 nitrogen and oxygen atoms in total. The van der Waals surface area contributed by atoms with E-state index in [1.165, 1.54) is 0 Å². The highest BCUT2D eigenvalue weighted by molar-refractivity contribution is 7.89. The van der Waals surface area contributed by atoms with E-state index >= 15 is 0 Å². The van der Waals surface area contributed by atoms with Gasteiger partial charge in [-0.05, 0) is 25.9 Å². The van der Waals surface area contributed by atoms with Crippen molar-refractivity contribution in [2.75, 3.05) is 51.6 Å². The summed E-state index contributed by atoms with van der Waals surface area (Å²) in [6, 6.07) is 0. The lowest BCUT2D eigenvalue weighted by Gasteiger charge is -2.33. The van der Waals surface area contributed by atoms with Gasteiger partial charge in [-0.1, -0.05) is 13.8 Å². The van der Waals surface area contributed by atoms with Crippen molar-refractivity contribution >= 4 is 10.0 Å². The molecule has 0 amide bonds. The normalized spacial score (nSPS) is 19.2. The van der Waals surface area contributed by atoms with Crippen LogP contribution < -0.4 is 5.32 Å². The number of sulfonamides is 1. The molecule has 1 fully saturated rings. The Labute approximate surface area is 112 Å². The SMILES string of the molecule is CCCNCCS(=O)(=O)N1CCN(CCC)CC1. The molecule has 1 N–H and O–H groups in total. The average molecular weight is 277 g/mol. The van der Waals surface area contributed by atoms with E-state index in [-0.39, 0.29) is 5.75 Å². The molecule has 0 bridgehead atoms. The molecule has 0 radical (unpaired) electrons. The fourth-order valence-electron chi connectivity index (χ4n) is 2.18. The third-order valence-corrected chi connectivity index (χ3v) is 5.10. The highest BCUT2D eigenvalue weighted by Gasteiger charge is 2.25. The number of hydrogen-bond acceptors (Lipinski definition) is 4. The van der Waals surface area contributed by atoms with Crippen molar-refractivity contribution in [2.45, 2.75) is 26.7 Å². The van der Waals surface area contributed by atoms with Crippen LogP contribution in [0.1, 0.15) is 26.7 Å². The lowest BCUT2D eigenvalue weighted by molar-refractivity contribution is 0.188. The fourth-order valence-corrected chi connectivity index (χ4v) is 3.56. The van der Waals surface area contributed by atoms with Gasteiger partial charge in [0.15, 0.2) is 0 Å². The maximum atomic E-state index is 12.1. The molecule has 0 atom stereocenters. The summed E-state index contributed by atoms with van der Waals surface area (Å²) in [5.74, 6) is 0.223. The second kappa shape index (κ2) is 8.09. The van der Waals surface area contributed by atoms with Crippen molar-refractivity contribution < 1.29 is 8.42 Å². The predicted octanol–water partition coefficient (Wildman–Crippen LogP) is 0.343. The maximum Gasteiger partial charge on any atom is 0.215 e. The van der Waals surface area contributed by atoms with Gasteiger partial charge >= 0.3 is 0 Å². The zero-order valence-corrected chi connectivity index (χ0v) is 12.5. The Hall–Kier alpha value is -0.170. The largest absolute Gasteiger partial charge is 0.316 e. The van der Waals surface area contributed by atoms with E-state index in [9.17, 15) is 8.42 Å². The topological polar surface area (TPSA) is 52.7 Å².